The summed E-state index contributed by atoms with van der Waals surface area (Å²) in [5.74, 6) is 1.84. The van der Waals surface area contributed by atoms with Gasteiger partial charge in [-0.1, -0.05) is 5.16 Å². The second-order valence-corrected chi connectivity index (χ2v) is 8.52. The number of amides is 2. The van der Waals surface area contributed by atoms with Crippen LogP contribution in [0.15, 0.2) is 4.52 Å². The van der Waals surface area contributed by atoms with Gasteiger partial charge in [-0.05, 0) is 32.6 Å². The van der Waals surface area contributed by atoms with Crippen molar-refractivity contribution >= 4 is 15.9 Å². The Bertz CT molecular complexity index is 654. The SMILES string of the molecule is CCN(Cc1noc(C2CC2)n1)C(=O)NC1CCS(=O)(=O)CC1. The topological polar surface area (TPSA) is 105 Å². The minimum atomic E-state index is -2.92. The Labute approximate surface area is 135 Å². The maximum absolute atomic E-state index is 12.3. The molecule has 1 aliphatic carbocycles. The molecule has 0 aromatic carbocycles. The van der Waals surface area contributed by atoms with Gasteiger partial charge in [0.05, 0.1) is 18.1 Å². The minimum absolute atomic E-state index is 0.0904. The van der Waals surface area contributed by atoms with Gasteiger partial charge in [-0.3, -0.25) is 0 Å². The van der Waals surface area contributed by atoms with Crippen LogP contribution in [0.1, 0.15) is 50.2 Å². The maximum atomic E-state index is 12.3. The number of rotatable bonds is 5. The van der Waals surface area contributed by atoms with Crippen LogP contribution in [0.2, 0.25) is 0 Å². The first-order chi connectivity index (χ1) is 11.0. The van der Waals surface area contributed by atoms with Crippen LogP contribution in [0, 0.1) is 0 Å². The van der Waals surface area contributed by atoms with E-state index in [1.165, 1.54) is 0 Å². The molecule has 1 saturated heterocycles. The molecular weight excluding hydrogens is 320 g/mol. The molecule has 0 atom stereocenters. The normalized spacial score (nSPS) is 21.1. The quantitative estimate of drug-likeness (QED) is 0.857. The lowest BCUT2D eigenvalue weighted by Gasteiger charge is -2.27. The van der Waals surface area contributed by atoms with Crippen molar-refractivity contribution in [3.05, 3.63) is 11.7 Å². The predicted octanol–water partition coefficient (Wildman–Crippen LogP) is 1.06. The van der Waals surface area contributed by atoms with Crippen molar-refractivity contribution in [3.63, 3.8) is 0 Å². The van der Waals surface area contributed by atoms with Crippen LogP contribution in [0.5, 0.6) is 0 Å². The molecule has 2 fully saturated rings. The highest BCUT2D eigenvalue weighted by molar-refractivity contribution is 7.91. The van der Waals surface area contributed by atoms with Crippen LogP contribution in [-0.2, 0) is 16.4 Å². The summed E-state index contributed by atoms with van der Waals surface area (Å²) in [5.41, 5.74) is 0. The Hall–Kier alpha value is -1.64. The highest BCUT2D eigenvalue weighted by Gasteiger charge is 2.30. The van der Waals surface area contributed by atoms with Gasteiger partial charge >= 0.3 is 6.03 Å². The molecule has 2 amide bonds. The molecule has 8 nitrogen and oxygen atoms in total. The van der Waals surface area contributed by atoms with Gasteiger partial charge in [-0.25, -0.2) is 13.2 Å². The molecule has 1 N–H and O–H groups in total. The number of carbonyl (C=O) groups is 1. The fourth-order valence-electron chi connectivity index (χ4n) is 2.63. The Balaban J connectivity index is 1.53. The summed E-state index contributed by atoms with van der Waals surface area (Å²) in [6.45, 7) is 2.69. The third-order valence-corrected chi connectivity index (χ3v) is 6.01. The number of nitrogens with one attached hydrogen (secondary N) is 1. The van der Waals surface area contributed by atoms with Crippen molar-refractivity contribution in [2.24, 2.45) is 0 Å². The van der Waals surface area contributed by atoms with E-state index in [9.17, 15) is 13.2 Å². The fraction of sp³-hybridized carbons (Fsp3) is 0.786. The summed E-state index contributed by atoms with van der Waals surface area (Å²) in [4.78, 5) is 18.3. The van der Waals surface area contributed by atoms with E-state index in [2.05, 4.69) is 15.5 Å². The van der Waals surface area contributed by atoms with Gasteiger partial charge in [-0.2, -0.15) is 4.98 Å². The Morgan fingerprint density at radius 1 is 1.30 bits per heavy atom. The first-order valence-corrected chi connectivity index (χ1v) is 9.87. The van der Waals surface area contributed by atoms with E-state index in [1.807, 2.05) is 6.92 Å². The monoisotopic (exact) mass is 342 g/mol. The summed E-state index contributed by atoms with van der Waals surface area (Å²) < 4.78 is 28.1. The van der Waals surface area contributed by atoms with E-state index >= 15 is 0 Å². The zero-order chi connectivity index (χ0) is 16.4. The van der Waals surface area contributed by atoms with Crippen LogP contribution in [0.4, 0.5) is 4.79 Å². The van der Waals surface area contributed by atoms with Gasteiger partial charge in [0.15, 0.2) is 5.82 Å². The molecule has 0 unspecified atom stereocenters. The summed E-state index contributed by atoms with van der Waals surface area (Å²) in [6.07, 6.45) is 3.12. The van der Waals surface area contributed by atoms with Gasteiger partial charge < -0.3 is 14.7 Å². The molecule has 1 aliphatic heterocycles. The molecule has 128 valence electrons. The molecule has 23 heavy (non-hydrogen) atoms. The molecule has 0 bridgehead atoms. The average Bonchev–Trinajstić information content (AvgIpc) is 3.26. The number of sulfone groups is 1. The third-order valence-electron chi connectivity index (χ3n) is 4.29. The van der Waals surface area contributed by atoms with E-state index in [4.69, 9.17) is 4.52 Å². The molecule has 0 spiro atoms. The molecule has 0 radical (unpaired) electrons. The van der Waals surface area contributed by atoms with Crippen LogP contribution in [-0.4, -0.2) is 53.6 Å². The minimum Gasteiger partial charge on any atom is -0.339 e. The standard InChI is InChI=1S/C14H22N4O4S/c1-2-18(9-12-16-13(22-17-12)10-3-4-10)14(19)15-11-5-7-23(20,21)8-6-11/h10-11H,2-9H2,1H3,(H,15,19). The average molecular weight is 342 g/mol. The lowest BCUT2D eigenvalue weighted by atomic mass is 10.1. The van der Waals surface area contributed by atoms with Crippen molar-refractivity contribution in [2.45, 2.75) is 51.1 Å². The van der Waals surface area contributed by atoms with E-state index in [0.717, 1.165) is 12.8 Å². The van der Waals surface area contributed by atoms with Crippen LogP contribution < -0.4 is 5.32 Å². The summed E-state index contributed by atoms with van der Waals surface area (Å²) in [6, 6.07) is -0.304. The lowest BCUT2D eigenvalue weighted by molar-refractivity contribution is 0.191. The molecule has 3 rings (SSSR count). The first kappa shape index (κ1) is 16.2. The number of carbonyl (C=O) groups excluding carboxylic acids is 1. The zero-order valence-electron chi connectivity index (χ0n) is 13.2. The fourth-order valence-corrected chi connectivity index (χ4v) is 4.12. The van der Waals surface area contributed by atoms with Crippen molar-refractivity contribution < 1.29 is 17.7 Å². The molecule has 1 aromatic heterocycles. The van der Waals surface area contributed by atoms with Crippen LogP contribution >= 0.6 is 0 Å². The highest BCUT2D eigenvalue weighted by atomic mass is 32.2. The maximum Gasteiger partial charge on any atom is 0.318 e. The predicted molar refractivity (Wildman–Crippen MR) is 82.6 cm³/mol. The molecular formula is C14H22N4O4S. The van der Waals surface area contributed by atoms with E-state index in [0.29, 0.717) is 43.6 Å². The van der Waals surface area contributed by atoms with Gasteiger partial charge in [0.1, 0.15) is 9.84 Å². The molecule has 2 aliphatic rings. The van der Waals surface area contributed by atoms with E-state index in [1.54, 1.807) is 4.90 Å². The lowest BCUT2D eigenvalue weighted by Crippen LogP contribution is -2.47. The molecule has 2 heterocycles. The van der Waals surface area contributed by atoms with E-state index < -0.39 is 9.84 Å². The number of nitrogens with zero attached hydrogens (tertiary/aromatic N) is 3. The Morgan fingerprint density at radius 3 is 2.61 bits per heavy atom. The second kappa shape index (κ2) is 6.46. The number of hydrogen-bond donors (Lipinski definition) is 1. The van der Waals surface area contributed by atoms with Crippen molar-refractivity contribution in [1.82, 2.24) is 20.4 Å². The molecule has 1 saturated carbocycles. The van der Waals surface area contributed by atoms with Gasteiger partial charge in [0, 0.05) is 18.5 Å². The molecule has 9 heteroatoms. The van der Waals surface area contributed by atoms with Gasteiger partial charge in [0.25, 0.3) is 0 Å². The number of hydrogen-bond acceptors (Lipinski definition) is 6. The number of urea groups is 1. The van der Waals surface area contributed by atoms with Crippen LogP contribution in [0.3, 0.4) is 0 Å². The van der Waals surface area contributed by atoms with Gasteiger partial charge in [-0.15, -0.1) is 0 Å². The smallest absolute Gasteiger partial charge is 0.318 e. The van der Waals surface area contributed by atoms with Crippen molar-refractivity contribution in [1.29, 1.82) is 0 Å². The highest BCUT2D eigenvalue weighted by Crippen LogP contribution is 2.38. The summed E-state index contributed by atoms with van der Waals surface area (Å²) in [5, 5.41) is 6.83. The first-order valence-electron chi connectivity index (χ1n) is 8.05. The summed E-state index contributed by atoms with van der Waals surface area (Å²) >= 11 is 0. The second-order valence-electron chi connectivity index (χ2n) is 6.21. The zero-order valence-corrected chi connectivity index (χ0v) is 14.0. The number of aromatic nitrogens is 2. The summed E-state index contributed by atoms with van der Waals surface area (Å²) in [7, 11) is -2.92. The Kier molecular flexibility index (Phi) is 4.56. The Morgan fingerprint density at radius 2 is 2.00 bits per heavy atom. The van der Waals surface area contributed by atoms with E-state index in [-0.39, 0.29) is 23.6 Å². The van der Waals surface area contributed by atoms with Gasteiger partial charge in [0.2, 0.25) is 5.89 Å². The largest absolute Gasteiger partial charge is 0.339 e. The third kappa shape index (κ3) is 4.21. The van der Waals surface area contributed by atoms with Crippen molar-refractivity contribution in [2.75, 3.05) is 18.1 Å². The molecule has 1 aromatic rings. The van der Waals surface area contributed by atoms with Crippen LogP contribution in [0.25, 0.3) is 0 Å². The van der Waals surface area contributed by atoms with Crippen molar-refractivity contribution in [3.8, 4) is 0 Å².